The predicted octanol–water partition coefficient (Wildman–Crippen LogP) is 1.86. The molecule has 33 heavy (non-hydrogen) atoms. The van der Waals surface area contributed by atoms with Gasteiger partial charge in [-0.2, -0.15) is 0 Å². The zero-order chi connectivity index (χ0) is 23.8. The topological polar surface area (TPSA) is 141 Å². The molecule has 2 aliphatic carbocycles. The van der Waals surface area contributed by atoms with Gasteiger partial charge >= 0.3 is 0 Å². The third-order valence-electron chi connectivity index (χ3n) is 6.56. The van der Waals surface area contributed by atoms with E-state index >= 15 is 0 Å². The number of sulfonamides is 1. The van der Waals surface area contributed by atoms with Gasteiger partial charge in [0, 0.05) is 39.1 Å². The van der Waals surface area contributed by atoms with Gasteiger partial charge in [-0.15, -0.1) is 10.2 Å². The van der Waals surface area contributed by atoms with Gasteiger partial charge in [0.25, 0.3) is 0 Å². The highest BCUT2D eigenvalue weighted by molar-refractivity contribution is 7.93. The highest BCUT2D eigenvalue weighted by atomic mass is 35.5. The fourth-order valence-electron chi connectivity index (χ4n) is 4.39. The Bertz CT molecular complexity index is 1070. The van der Waals surface area contributed by atoms with Crippen molar-refractivity contribution in [3.05, 3.63) is 29.1 Å². The summed E-state index contributed by atoms with van der Waals surface area (Å²) in [4.78, 5) is 8.23. The van der Waals surface area contributed by atoms with Crippen molar-refractivity contribution in [3.8, 4) is 0 Å². The summed E-state index contributed by atoms with van der Waals surface area (Å²) in [6.07, 6.45) is 5.14. The number of halogens is 1. The Kier molecular flexibility index (Phi) is 6.92. The van der Waals surface area contributed by atoms with Crippen molar-refractivity contribution in [1.82, 2.24) is 24.7 Å². The van der Waals surface area contributed by atoms with Gasteiger partial charge in [-0.1, -0.05) is 11.6 Å². The molecule has 4 rings (SSSR count). The van der Waals surface area contributed by atoms with Crippen LogP contribution in [0.25, 0.3) is 0 Å². The number of aliphatic hydroxyl groups is 1. The van der Waals surface area contributed by atoms with Gasteiger partial charge in [0.15, 0.2) is 5.82 Å². The summed E-state index contributed by atoms with van der Waals surface area (Å²) in [7, 11) is -0.936. The quantitative estimate of drug-likeness (QED) is 0.472. The number of nitrogens with zero attached hydrogens (tertiary/aromatic N) is 5. The lowest BCUT2D eigenvalue weighted by Crippen LogP contribution is -2.36. The molecule has 182 valence electrons. The lowest BCUT2D eigenvalue weighted by Gasteiger charge is -2.35. The summed E-state index contributed by atoms with van der Waals surface area (Å²) in [6, 6.07) is 0. The Labute approximate surface area is 197 Å². The molecular weight excluding hydrogens is 472 g/mol. The monoisotopic (exact) mass is 500 g/mol. The summed E-state index contributed by atoms with van der Waals surface area (Å²) in [5.41, 5.74) is -0.376. The molecule has 0 unspecified atom stereocenters. The Hall–Kier alpha value is -1.86. The Morgan fingerprint density at radius 2 is 1.94 bits per heavy atom. The molecule has 2 aromatic heterocycles. The van der Waals surface area contributed by atoms with Crippen LogP contribution in [0.1, 0.15) is 56.3 Å². The highest BCUT2D eigenvalue weighted by Gasteiger charge is 2.50. The van der Waals surface area contributed by atoms with Crippen LogP contribution in [0.3, 0.4) is 0 Å². The van der Waals surface area contributed by atoms with Crippen molar-refractivity contribution in [2.45, 2.75) is 55.4 Å². The maximum atomic E-state index is 13.3. The van der Waals surface area contributed by atoms with E-state index in [2.05, 4.69) is 24.9 Å². The molecule has 13 heteroatoms. The molecule has 0 spiro atoms. The molecule has 2 fully saturated rings. The molecule has 2 heterocycles. The van der Waals surface area contributed by atoms with Crippen molar-refractivity contribution in [3.63, 3.8) is 0 Å². The Morgan fingerprint density at radius 1 is 1.27 bits per heavy atom. The van der Waals surface area contributed by atoms with Crippen LogP contribution < -0.4 is 4.72 Å². The maximum absolute atomic E-state index is 13.3. The summed E-state index contributed by atoms with van der Waals surface area (Å²) in [5, 5.41) is 17.3. The maximum Gasteiger partial charge on any atom is 0.240 e. The first-order valence-corrected chi connectivity index (χ1v) is 12.7. The molecule has 11 nitrogen and oxygen atoms in total. The van der Waals surface area contributed by atoms with E-state index < -0.39 is 21.4 Å². The van der Waals surface area contributed by atoms with Crippen molar-refractivity contribution in [2.24, 2.45) is 5.92 Å². The number of hydrogen-bond acceptors (Lipinski definition) is 9. The second kappa shape index (κ2) is 9.41. The number of anilines is 1. The fourth-order valence-corrected chi connectivity index (χ4v) is 5.62. The summed E-state index contributed by atoms with van der Waals surface area (Å²) in [5.74, 6) is 1.45. The number of methoxy groups -OCH3 is 2. The van der Waals surface area contributed by atoms with Gasteiger partial charge in [-0.05, 0) is 38.5 Å². The predicted molar refractivity (Wildman–Crippen MR) is 120 cm³/mol. The van der Waals surface area contributed by atoms with Gasteiger partial charge in [0.1, 0.15) is 17.2 Å². The number of ether oxygens (including phenoxy) is 2. The molecule has 2 aromatic rings. The summed E-state index contributed by atoms with van der Waals surface area (Å²) >= 11 is 5.85. The van der Waals surface area contributed by atoms with Crippen LogP contribution in [0.5, 0.6) is 0 Å². The van der Waals surface area contributed by atoms with Crippen LogP contribution in [0.15, 0.2) is 12.4 Å². The minimum atomic E-state index is -3.96. The molecule has 0 amide bonds. The van der Waals surface area contributed by atoms with Crippen LogP contribution in [0, 0.1) is 5.92 Å². The number of rotatable bonds is 11. The Balaban J connectivity index is 1.62. The van der Waals surface area contributed by atoms with E-state index in [0.717, 1.165) is 31.5 Å². The minimum absolute atomic E-state index is 0.119. The van der Waals surface area contributed by atoms with E-state index in [9.17, 15) is 13.5 Å². The number of hydrogen-bond donors (Lipinski definition) is 2. The molecule has 2 aliphatic rings. The largest absolute Gasteiger partial charge is 0.396 e. The molecule has 2 N–H and O–H groups in total. The van der Waals surface area contributed by atoms with Crippen molar-refractivity contribution < 1.29 is 23.0 Å². The SMILES string of the molecule is COCC1(n2c(NS(=O)(=O)[C@@H](C)[C@H](OC)c3ncc(Cl)cn3)nnc2C2CC(CO)C2)CC1. The van der Waals surface area contributed by atoms with Gasteiger partial charge in [-0.25, -0.2) is 18.4 Å². The number of nitrogens with one attached hydrogen (secondary N) is 1. The first-order valence-electron chi connectivity index (χ1n) is 10.8. The van der Waals surface area contributed by atoms with Gasteiger partial charge in [-0.3, -0.25) is 9.29 Å². The molecule has 0 radical (unpaired) electrons. The van der Waals surface area contributed by atoms with Crippen molar-refractivity contribution in [2.75, 3.05) is 32.2 Å². The summed E-state index contributed by atoms with van der Waals surface area (Å²) in [6.45, 7) is 2.09. The standard InChI is InChI=1S/C20H29ClN6O5S/c1-12(16(32-3)17-22-8-15(21)9-23-17)33(29,30)26-19-25-24-18(14-6-13(7-14)10-28)27(19)20(4-5-20)11-31-2/h8-9,12-14,16,28H,4-7,10-11H2,1-3H3,(H,25,26)/t12-,13?,14?,16-/m0/s1. The van der Waals surface area contributed by atoms with E-state index in [-0.39, 0.29) is 35.8 Å². The molecule has 0 aromatic carbocycles. The van der Waals surface area contributed by atoms with E-state index in [1.165, 1.54) is 26.4 Å². The average molecular weight is 501 g/mol. The first kappa shape index (κ1) is 24.3. The Morgan fingerprint density at radius 3 is 2.48 bits per heavy atom. The van der Waals surface area contributed by atoms with Crippen molar-refractivity contribution >= 4 is 27.6 Å². The molecule has 2 atom stereocenters. The zero-order valence-electron chi connectivity index (χ0n) is 18.8. The third kappa shape index (κ3) is 4.72. The van der Waals surface area contributed by atoms with Crippen LogP contribution >= 0.6 is 11.6 Å². The van der Waals surface area contributed by atoms with E-state index in [1.54, 1.807) is 7.11 Å². The van der Waals surface area contributed by atoms with Gasteiger partial charge < -0.3 is 14.6 Å². The first-order chi connectivity index (χ1) is 15.7. The fraction of sp³-hybridized carbons (Fsp3) is 0.700. The molecule has 0 aliphatic heterocycles. The second-order valence-corrected chi connectivity index (χ2v) is 11.3. The van der Waals surface area contributed by atoms with E-state index in [1.807, 2.05) is 4.57 Å². The average Bonchev–Trinajstić information content (AvgIpc) is 3.41. The lowest BCUT2D eigenvalue weighted by atomic mass is 9.75. The van der Waals surface area contributed by atoms with Crippen LogP contribution in [0.2, 0.25) is 5.02 Å². The molecule has 2 saturated carbocycles. The third-order valence-corrected chi connectivity index (χ3v) is 8.45. The number of aliphatic hydroxyl groups excluding tert-OH is 1. The van der Waals surface area contributed by atoms with Crippen LogP contribution in [-0.4, -0.2) is 70.9 Å². The highest BCUT2D eigenvalue weighted by Crippen LogP contribution is 2.50. The van der Waals surface area contributed by atoms with Crippen molar-refractivity contribution in [1.29, 1.82) is 0 Å². The van der Waals surface area contributed by atoms with E-state index in [0.29, 0.717) is 11.6 Å². The number of aromatic nitrogens is 5. The second-order valence-electron chi connectivity index (χ2n) is 8.86. The zero-order valence-corrected chi connectivity index (χ0v) is 20.4. The van der Waals surface area contributed by atoms with Gasteiger partial charge in [0.2, 0.25) is 16.0 Å². The molecular formula is C20H29ClN6O5S. The lowest BCUT2D eigenvalue weighted by molar-refractivity contribution is 0.0950. The molecule has 0 saturated heterocycles. The van der Waals surface area contributed by atoms with Crippen LogP contribution in [0.4, 0.5) is 5.95 Å². The normalized spacial score (nSPS) is 23.5. The van der Waals surface area contributed by atoms with Crippen LogP contribution in [-0.2, 0) is 25.0 Å². The van der Waals surface area contributed by atoms with Gasteiger partial charge in [0.05, 0.1) is 17.2 Å². The smallest absolute Gasteiger partial charge is 0.240 e. The van der Waals surface area contributed by atoms with E-state index in [4.69, 9.17) is 21.1 Å². The minimum Gasteiger partial charge on any atom is -0.396 e. The summed E-state index contributed by atoms with van der Waals surface area (Å²) < 4.78 is 42.1. The molecule has 0 bridgehead atoms.